The van der Waals surface area contributed by atoms with E-state index in [2.05, 4.69) is 116 Å². The zero-order valence-electron chi connectivity index (χ0n) is 48.3. The lowest BCUT2D eigenvalue weighted by Gasteiger charge is -2.16. The summed E-state index contributed by atoms with van der Waals surface area (Å²) in [5.74, 6) is 0.539. The van der Waals surface area contributed by atoms with E-state index >= 15 is 0 Å². The molecule has 8 aromatic heterocycles. The van der Waals surface area contributed by atoms with Crippen molar-refractivity contribution in [1.82, 2.24) is 25.0 Å². The SMILES string of the molecule is CCCCCCCCCCCCC(CCCCCCCCCC)Cn1nc2c(-c3cccs3)c3nc(-c4ccc(-c5ccc(CCCCCC)s5)s4)c(-c4ccc(-c5ccc(CCCCCC)s5)s4)nc3c(-c3cccs3)c2n1. The average molecular weight is 1170 g/mol. The van der Waals surface area contributed by atoms with Crippen LogP contribution in [0.1, 0.15) is 217 Å². The van der Waals surface area contributed by atoms with Gasteiger partial charge in [-0.25, -0.2) is 9.97 Å². The van der Waals surface area contributed by atoms with Crippen LogP contribution >= 0.6 is 68.0 Å². The Bertz CT molecular complexity index is 2960. The Kier molecular flexibility index (Phi) is 24.3. The number of hydrogen-bond donors (Lipinski definition) is 0. The van der Waals surface area contributed by atoms with Crippen LogP contribution in [0, 0.1) is 5.92 Å². The molecule has 0 fully saturated rings. The van der Waals surface area contributed by atoms with Crippen LogP contribution in [0.3, 0.4) is 0 Å². The third-order valence-electron chi connectivity index (χ3n) is 15.9. The molecule has 1 aromatic carbocycles. The summed E-state index contributed by atoms with van der Waals surface area (Å²) in [5.41, 5.74) is 7.70. The molecular formula is C68H89N5S6. The highest BCUT2D eigenvalue weighted by molar-refractivity contribution is 7.25. The number of aromatic nitrogens is 5. The summed E-state index contributed by atoms with van der Waals surface area (Å²) in [6.45, 7) is 10.1. The average Bonchev–Trinajstić information content (AvgIpc) is 4.48. The summed E-state index contributed by atoms with van der Waals surface area (Å²) >= 11 is 11.2. The smallest absolute Gasteiger partial charge is 0.124 e. The van der Waals surface area contributed by atoms with Crippen LogP contribution in [-0.2, 0) is 19.4 Å². The van der Waals surface area contributed by atoms with Gasteiger partial charge in [-0.1, -0.05) is 194 Å². The summed E-state index contributed by atoms with van der Waals surface area (Å²) in [6, 6.07) is 27.5. The molecule has 8 heterocycles. The minimum Gasteiger partial charge on any atom is -0.242 e. The van der Waals surface area contributed by atoms with Gasteiger partial charge < -0.3 is 0 Å². The van der Waals surface area contributed by atoms with Crippen molar-refractivity contribution in [1.29, 1.82) is 0 Å². The van der Waals surface area contributed by atoms with Gasteiger partial charge in [-0.15, -0.1) is 68.0 Å². The Hall–Kier alpha value is -3.84. The summed E-state index contributed by atoms with van der Waals surface area (Å²) in [7, 11) is 0. The van der Waals surface area contributed by atoms with E-state index in [9.17, 15) is 0 Å². The molecule has 0 amide bonds. The molecule has 0 aliphatic rings. The maximum Gasteiger partial charge on any atom is 0.124 e. The predicted molar refractivity (Wildman–Crippen MR) is 353 cm³/mol. The number of unbranched alkanes of at least 4 members (excludes halogenated alkanes) is 22. The Labute approximate surface area is 498 Å². The standard InChI is InChI=1S/C68H89N5S6/c1-5-9-13-17-19-21-22-24-26-28-34-50(33-27-25-23-20-18-14-10-6-2)49-73-71-67-61(57-37-31-47-74-57)65-66(62(68(67)72-73)58-38-32-48-75-58)70-64(60-46-44-56(79-60)54-42-40-52(77-54)36-30-16-12-8-4)63(69-65)59-45-43-55(78-59)53-41-39-51(76-53)35-29-15-11-7-3/h31-32,37-48,50H,5-30,33-36,49H2,1-4H3. The summed E-state index contributed by atoms with van der Waals surface area (Å²) in [6.07, 6.45) is 39.5. The van der Waals surface area contributed by atoms with Crippen LogP contribution < -0.4 is 0 Å². The van der Waals surface area contributed by atoms with Gasteiger partial charge in [0.25, 0.3) is 0 Å². The predicted octanol–water partition coefficient (Wildman–Crippen LogP) is 24.4. The van der Waals surface area contributed by atoms with Crippen LogP contribution in [0.4, 0.5) is 0 Å². The first-order chi connectivity index (χ1) is 39.0. The van der Waals surface area contributed by atoms with Gasteiger partial charge in [-0.05, 0) is 116 Å². The van der Waals surface area contributed by atoms with E-state index in [1.165, 1.54) is 209 Å². The monoisotopic (exact) mass is 1170 g/mol. The zero-order valence-corrected chi connectivity index (χ0v) is 53.2. The molecular weight excluding hydrogens is 1080 g/mol. The number of nitrogens with zero attached hydrogens (tertiary/aromatic N) is 5. The minimum atomic E-state index is 0.539. The van der Waals surface area contributed by atoms with Crippen molar-refractivity contribution >= 4 is 90.1 Å². The first kappa shape index (κ1) is 59.8. The number of hydrogen-bond acceptors (Lipinski definition) is 10. The largest absolute Gasteiger partial charge is 0.242 e. The summed E-state index contributed by atoms with van der Waals surface area (Å²) < 4.78 is 0. The molecule has 0 bridgehead atoms. The summed E-state index contributed by atoms with van der Waals surface area (Å²) in [5, 5.41) is 15.6. The highest BCUT2D eigenvalue weighted by Crippen LogP contribution is 2.49. The third kappa shape index (κ3) is 16.7. The lowest BCUT2D eigenvalue weighted by molar-refractivity contribution is 0.326. The fraction of sp³-hybridized carbons (Fsp3) is 0.529. The maximum absolute atomic E-state index is 5.94. The van der Waals surface area contributed by atoms with E-state index < -0.39 is 0 Å². The first-order valence-electron chi connectivity index (χ1n) is 31.1. The van der Waals surface area contributed by atoms with Crippen LogP contribution in [0.25, 0.3) is 83.6 Å². The van der Waals surface area contributed by atoms with Crippen molar-refractivity contribution in [3.63, 3.8) is 0 Å². The van der Waals surface area contributed by atoms with E-state index in [4.69, 9.17) is 20.2 Å². The Morgan fingerprint density at radius 3 is 1.10 bits per heavy atom. The minimum absolute atomic E-state index is 0.539. The normalized spacial score (nSPS) is 12.3. The molecule has 0 radical (unpaired) electrons. The molecule has 0 saturated heterocycles. The van der Waals surface area contributed by atoms with Crippen LogP contribution in [0.2, 0.25) is 0 Å². The molecule has 0 N–H and O–H groups in total. The van der Waals surface area contributed by atoms with Gasteiger partial charge >= 0.3 is 0 Å². The van der Waals surface area contributed by atoms with E-state index in [1.54, 1.807) is 22.7 Å². The molecule has 5 nitrogen and oxygen atoms in total. The van der Waals surface area contributed by atoms with Gasteiger partial charge in [0, 0.05) is 50.1 Å². The highest BCUT2D eigenvalue weighted by atomic mass is 32.1. The maximum atomic E-state index is 5.94. The molecule has 11 heteroatoms. The molecule has 422 valence electrons. The van der Waals surface area contributed by atoms with Gasteiger partial charge in [-0.3, -0.25) is 0 Å². The molecule has 9 rings (SSSR count). The van der Waals surface area contributed by atoms with Crippen molar-refractivity contribution in [2.75, 3.05) is 0 Å². The summed E-state index contributed by atoms with van der Waals surface area (Å²) in [4.78, 5) is 26.8. The van der Waals surface area contributed by atoms with Crippen molar-refractivity contribution in [3.05, 3.63) is 93.3 Å². The van der Waals surface area contributed by atoms with Crippen LogP contribution in [0.5, 0.6) is 0 Å². The van der Waals surface area contributed by atoms with Crippen molar-refractivity contribution in [2.24, 2.45) is 5.92 Å². The molecule has 1 atom stereocenters. The second kappa shape index (κ2) is 32.1. The fourth-order valence-corrected chi connectivity index (χ4v) is 17.2. The molecule has 0 saturated carbocycles. The van der Waals surface area contributed by atoms with Gasteiger partial charge in [0.1, 0.15) is 33.5 Å². The zero-order chi connectivity index (χ0) is 54.4. The van der Waals surface area contributed by atoms with Crippen LogP contribution in [-0.4, -0.2) is 25.0 Å². The molecule has 9 aromatic rings. The molecule has 0 aliphatic heterocycles. The molecule has 1 unspecified atom stereocenters. The topological polar surface area (TPSA) is 56.5 Å². The quantitative estimate of drug-likeness (QED) is 0.0362. The number of thiophene rings is 6. The van der Waals surface area contributed by atoms with E-state index in [-0.39, 0.29) is 0 Å². The second-order valence-corrected chi connectivity index (χ2v) is 28.8. The molecule has 79 heavy (non-hydrogen) atoms. The number of benzene rings is 1. The second-order valence-electron chi connectivity index (χ2n) is 22.4. The number of aryl methyl sites for hydroxylation is 2. The molecule has 0 spiro atoms. The van der Waals surface area contributed by atoms with Gasteiger partial charge in [-0.2, -0.15) is 15.0 Å². The van der Waals surface area contributed by atoms with Crippen molar-refractivity contribution in [2.45, 2.75) is 227 Å². The lowest BCUT2D eigenvalue weighted by atomic mass is 9.94. The number of fused-ring (bicyclic) bond motifs is 2. The lowest BCUT2D eigenvalue weighted by Crippen LogP contribution is -2.14. The van der Waals surface area contributed by atoms with Gasteiger partial charge in [0.2, 0.25) is 0 Å². The molecule has 0 aliphatic carbocycles. The fourth-order valence-electron chi connectivity index (χ4n) is 11.4. The Morgan fingerprint density at radius 1 is 0.354 bits per heavy atom. The van der Waals surface area contributed by atoms with E-state index in [0.717, 1.165) is 83.5 Å². The van der Waals surface area contributed by atoms with Crippen LogP contribution in [0.15, 0.2) is 83.6 Å². The number of rotatable bonds is 38. The van der Waals surface area contributed by atoms with Gasteiger partial charge in [0.05, 0.1) is 16.3 Å². The highest BCUT2D eigenvalue weighted by Gasteiger charge is 2.28. The Morgan fingerprint density at radius 2 is 0.709 bits per heavy atom. The van der Waals surface area contributed by atoms with E-state index in [1.807, 2.05) is 45.3 Å². The van der Waals surface area contributed by atoms with E-state index in [0.29, 0.717) is 5.92 Å². The van der Waals surface area contributed by atoms with Crippen molar-refractivity contribution in [3.8, 4) is 61.5 Å². The Balaban J connectivity index is 1.10. The van der Waals surface area contributed by atoms with Crippen molar-refractivity contribution < 1.29 is 0 Å². The van der Waals surface area contributed by atoms with Gasteiger partial charge in [0.15, 0.2) is 0 Å². The third-order valence-corrected chi connectivity index (χ3v) is 22.6. The first-order valence-corrected chi connectivity index (χ1v) is 36.2.